The fourth-order valence-electron chi connectivity index (χ4n) is 3.75. The molecule has 0 amide bonds. The van der Waals surface area contributed by atoms with Gasteiger partial charge >= 0.3 is 0 Å². The van der Waals surface area contributed by atoms with E-state index in [4.69, 9.17) is 0 Å². The normalized spacial score (nSPS) is 32.3. The molecule has 0 bridgehead atoms. The third-order valence-corrected chi connectivity index (χ3v) is 5.28. The van der Waals surface area contributed by atoms with Crippen LogP contribution in [0.15, 0.2) is 0 Å². The standard InChI is InChI=1S/C16H32N2/c1-13(2)15-5-7-16(8-6-15)18-11-9-17(10-12-18)14(3)4/h13-16H,5-12H2,1-4H3/t15-,16-. The van der Waals surface area contributed by atoms with E-state index in [-0.39, 0.29) is 0 Å². The third kappa shape index (κ3) is 3.48. The Morgan fingerprint density at radius 1 is 0.778 bits per heavy atom. The van der Waals surface area contributed by atoms with Gasteiger partial charge in [0.25, 0.3) is 0 Å². The first-order chi connectivity index (χ1) is 8.58. The molecule has 0 N–H and O–H groups in total. The summed E-state index contributed by atoms with van der Waals surface area (Å²) >= 11 is 0. The molecule has 1 saturated heterocycles. The SMILES string of the molecule is CC(C)N1CCN([C@H]2CC[C@H](C(C)C)CC2)CC1. The predicted octanol–water partition coefficient (Wildman–Crippen LogP) is 3.23. The maximum Gasteiger partial charge on any atom is 0.0113 e. The van der Waals surface area contributed by atoms with Crippen molar-refractivity contribution >= 4 is 0 Å². The molecular formula is C16H32N2. The minimum absolute atomic E-state index is 0.726. The van der Waals surface area contributed by atoms with Crippen LogP contribution < -0.4 is 0 Å². The first-order valence-corrected chi connectivity index (χ1v) is 8.06. The summed E-state index contributed by atoms with van der Waals surface area (Å²) in [4.78, 5) is 5.39. The van der Waals surface area contributed by atoms with Crippen LogP contribution in [0.4, 0.5) is 0 Å². The van der Waals surface area contributed by atoms with Crippen molar-refractivity contribution < 1.29 is 0 Å². The molecule has 1 aliphatic carbocycles. The lowest BCUT2D eigenvalue weighted by molar-refractivity contribution is 0.0535. The molecule has 0 aromatic heterocycles. The van der Waals surface area contributed by atoms with Crippen molar-refractivity contribution in [3.63, 3.8) is 0 Å². The van der Waals surface area contributed by atoms with Gasteiger partial charge in [-0.25, -0.2) is 0 Å². The van der Waals surface area contributed by atoms with Gasteiger partial charge in [0.2, 0.25) is 0 Å². The average Bonchev–Trinajstić information content (AvgIpc) is 2.39. The third-order valence-electron chi connectivity index (χ3n) is 5.28. The zero-order valence-electron chi connectivity index (χ0n) is 12.9. The molecule has 2 fully saturated rings. The fraction of sp³-hybridized carbons (Fsp3) is 1.00. The van der Waals surface area contributed by atoms with Gasteiger partial charge in [-0.3, -0.25) is 9.80 Å². The van der Waals surface area contributed by atoms with E-state index < -0.39 is 0 Å². The quantitative estimate of drug-likeness (QED) is 0.761. The number of hydrogen-bond acceptors (Lipinski definition) is 2. The van der Waals surface area contributed by atoms with Crippen LogP contribution in [0.3, 0.4) is 0 Å². The smallest absolute Gasteiger partial charge is 0.0113 e. The van der Waals surface area contributed by atoms with Crippen LogP contribution in [0.5, 0.6) is 0 Å². The Bertz CT molecular complexity index is 207. The van der Waals surface area contributed by atoms with Crippen LogP contribution in [-0.2, 0) is 0 Å². The Morgan fingerprint density at radius 3 is 1.78 bits per heavy atom. The van der Waals surface area contributed by atoms with E-state index in [1.54, 1.807) is 0 Å². The van der Waals surface area contributed by atoms with Crippen molar-refractivity contribution in [3.05, 3.63) is 0 Å². The van der Waals surface area contributed by atoms with E-state index in [9.17, 15) is 0 Å². The molecule has 2 nitrogen and oxygen atoms in total. The van der Waals surface area contributed by atoms with Gasteiger partial charge in [-0.1, -0.05) is 13.8 Å². The minimum atomic E-state index is 0.726. The molecule has 1 heterocycles. The summed E-state index contributed by atoms with van der Waals surface area (Å²) in [6.07, 6.45) is 5.83. The second-order valence-electron chi connectivity index (χ2n) is 6.98. The molecular weight excluding hydrogens is 220 g/mol. The molecule has 0 radical (unpaired) electrons. The Balaban J connectivity index is 1.75. The number of piperazine rings is 1. The topological polar surface area (TPSA) is 6.48 Å². The van der Waals surface area contributed by atoms with E-state index in [1.807, 2.05) is 0 Å². The van der Waals surface area contributed by atoms with Gasteiger partial charge in [-0.2, -0.15) is 0 Å². The van der Waals surface area contributed by atoms with Crippen molar-refractivity contribution in [1.82, 2.24) is 9.80 Å². The van der Waals surface area contributed by atoms with E-state index in [1.165, 1.54) is 51.9 Å². The van der Waals surface area contributed by atoms with Crippen LogP contribution in [0.1, 0.15) is 53.4 Å². The van der Waals surface area contributed by atoms with E-state index in [0.29, 0.717) is 0 Å². The molecule has 18 heavy (non-hydrogen) atoms. The lowest BCUT2D eigenvalue weighted by Crippen LogP contribution is -2.52. The zero-order valence-corrected chi connectivity index (χ0v) is 12.9. The Morgan fingerprint density at radius 2 is 1.33 bits per heavy atom. The largest absolute Gasteiger partial charge is 0.298 e. The van der Waals surface area contributed by atoms with Crippen LogP contribution in [0.2, 0.25) is 0 Å². The molecule has 2 rings (SSSR count). The summed E-state index contributed by atoms with van der Waals surface area (Å²) in [5, 5.41) is 0. The number of rotatable bonds is 3. The lowest BCUT2D eigenvalue weighted by Gasteiger charge is -2.43. The van der Waals surface area contributed by atoms with Crippen LogP contribution in [0.25, 0.3) is 0 Å². The van der Waals surface area contributed by atoms with Crippen molar-refractivity contribution in [2.75, 3.05) is 26.2 Å². The summed E-state index contributed by atoms with van der Waals surface area (Å²) in [5.41, 5.74) is 0. The second-order valence-corrected chi connectivity index (χ2v) is 6.98. The lowest BCUT2D eigenvalue weighted by atomic mass is 9.79. The molecule has 0 unspecified atom stereocenters. The Kier molecular flexibility index (Phi) is 5.08. The summed E-state index contributed by atoms with van der Waals surface area (Å²) in [7, 11) is 0. The Hall–Kier alpha value is -0.0800. The van der Waals surface area contributed by atoms with Gasteiger partial charge in [0.15, 0.2) is 0 Å². The molecule has 2 heteroatoms. The van der Waals surface area contributed by atoms with Crippen molar-refractivity contribution in [2.45, 2.75) is 65.5 Å². The summed E-state index contributed by atoms with van der Waals surface area (Å²) in [5.74, 6) is 1.89. The first kappa shape index (κ1) is 14.3. The maximum atomic E-state index is 2.77. The van der Waals surface area contributed by atoms with Crippen LogP contribution in [-0.4, -0.2) is 48.1 Å². The van der Waals surface area contributed by atoms with Gasteiger partial charge in [0.1, 0.15) is 0 Å². The van der Waals surface area contributed by atoms with Gasteiger partial charge in [0, 0.05) is 38.3 Å². The highest BCUT2D eigenvalue weighted by molar-refractivity contribution is 4.84. The van der Waals surface area contributed by atoms with E-state index >= 15 is 0 Å². The van der Waals surface area contributed by atoms with Crippen molar-refractivity contribution in [1.29, 1.82) is 0 Å². The van der Waals surface area contributed by atoms with E-state index in [2.05, 4.69) is 37.5 Å². The highest BCUT2D eigenvalue weighted by atomic mass is 15.3. The molecule has 0 aromatic carbocycles. The van der Waals surface area contributed by atoms with Crippen LogP contribution >= 0.6 is 0 Å². The summed E-state index contributed by atoms with van der Waals surface area (Å²) in [6, 6.07) is 1.62. The molecule has 0 atom stereocenters. The molecule has 106 valence electrons. The average molecular weight is 252 g/mol. The Labute approximate surface area is 114 Å². The summed E-state index contributed by atoms with van der Waals surface area (Å²) < 4.78 is 0. The molecule has 1 saturated carbocycles. The maximum absolute atomic E-state index is 2.77. The molecule has 2 aliphatic rings. The number of hydrogen-bond donors (Lipinski definition) is 0. The molecule has 0 spiro atoms. The highest BCUT2D eigenvalue weighted by Crippen LogP contribution is 2.32. The monoisotopic (exact) mass is 252 g/mol. The van der Waals surface area contributed by atoms with Crippen LogP contribution in [0, 0.1) is 11.8 Å². The van der Waals surface area contributed by atoms with E-state index in [0.717, 1.165) is 23.9 Å². The summed E-state index contributed by atoms with van der Waals surface area (Å²) in [6.45, 7) is 14.6. The van der Waals surface area contributed by atoms with Gasteiger partial charge < -0.3 is 0 Å². The second kappa shape index (κ2) is 6.38. The minimum Gasteiger partial charge on any atom is -0.298 e. The number of nitrogens with zero attached hydrogens (tertiary/aromatic N) is 2. The van der Waals surface area contributed by atoms with Crippen molar-refractivity contribution in [2.24, 2.45) is 11.8 Å². The van der Waals surface area contributed by atoms with Gasteiger partial charge in [-0.15, -0.1) is 0 Å². The molecule has 0 aromatic rings. The first-order valence-electron chi connectivity index (χ1n) is 8.06. The van der Waals surface area contributed by atoms with Gasteiger partial charge in [-0.05, 0) is 51.4 Å². The fourth-order valence-corrected chi connectivity index (χ4v) is 3.75. The zero-order chi connectivity index (χ0) is 13.1. The van der Waals surface area contributed by atoms with Gasteiger partial charge in [0.05, 0.1) is 0 Å². The van der Waals surface area contributed by atoms with Crippen molar-refractivity contribution in [3.8, 4) is 0 Å². The predicted molar refractivity (Wildman–Crippen MR) is 78.9 cm³/mol. The molecule has 1 aliphatic heterocycles. The highest BCUT2D eigenvalue weighted by Gasteiger charge is 2.29.